The second-order valence-corrected chi connectivity index (χ2v) is 7.17. The van der Waals surface area contributed by atoms with Crippen molar-refractivity contribution in [3.8, 4) is 0 Å². The van der Waals surface area contributed by atoms with Gasteiger partial charge >= 0.3 is 0 Å². The summed E-state index contributed by atoms with van der Waals surface area (Å²) in [5.41, 5.74) is 2.37. The molecule has 0 heterocycles. The van der Waals surface area contributed by atoms with E-state index in [1.54, 1.807) is 50.5 Å². The fraction of sp³-hybridized carbons (Fsp3) is 0.125. The van der Waals surface area contributed by atoms with Crippen LogP contribution in [-0.4, -0.2) is 32.3 Å². The largest absolute Gasteiger partial charge is 0.388 e. The molecule has 0 atom stereocenters. The lowest BCUT2D eigenvalue weighted by Crippen LogP contribution is -2.02. The molecule has 0 unspecified atom stereocenters. The molecule has 0 aliphatic heterocycles. The monoisotopic (exact) mass is 398 g/mol. The standard InChI is InChI=1S/C16H18N2O6S2/c1-17-13-7-5-11(15(9-13)25-24-23-19)3-4-12-6-8-14(18-2)10-16(12)26(20,21)22/h3-10,17-19H,1-2H3,(H,20,21,22)/b4-3+. The van der Waals surface area contributed by atoms with Gasteiger partial charge in [0.05, 0.1) is 12.0 Å². The minimum Gasteiger partial charge on any atom is -0.388 e. The van der Waals surface area contributed by atoms with Gasteiger partial charge in [-0.3, -0.25) is 4.55 Å². The van der Waals surface area contributed by atoms with Crippen LogP contribution in [0.5, 0.6) is 0 Å². The third-order valence-corrected chi connectivity index (χ3v) is 5.05. The normalized spacial score (nSPS) is 11.7. The van der Waals surface area contributed by atoms with E-state index < -0.39 is 10.1 Å². The molecule has 2 aromatic rings. The van der Waals surface area contributed by atoms with Gasteiger partial charge in [0, 0.05) is 30.4 Å². The van der Waals surface area contributed by atoms with Crippen LogP contribution < -0.4 is 10.6 Å². The van der Waals surface area contributed by atoms with Crippen LogP contribution >= 0.6 is 12.0 Å². The topological polar surface area (TPSA) is 117 Å². The van der Waals surface area contributed by atoms with E-state index in [1.165, 1.54) is 6.07 Å². The van der Waals surface area contributed by atoms with Gasteiger partial charge in [-0.15, -0.1) is 4.33 Å². The Kier molecular flexibility index (Phi) is 7.03. The first kappa shape index (κ1) is 20.2. The Morgan fingerprint density at radius 1 is 1.00 bits per heavy atom. The van der Waals surface area contributed by atoms with Crippen LogP contribution in [0.3, 0.4) is 0 Å². The quantitative estimate of drug-likeness (QED) is 0.174. The Labute approximate surface area is 155 Å². The SMILES string of the molecule is CNc1ccc(/C=C/c2ccc(NC)cc2S(=O)(=O)O)c(SOOO)c1. The zero-order valence-electron chi connectivity index (χ0n) is 14.0. The van der Waals surface area contributed by atoms with Crippen molar-refractivity contribution < 1.29 is 27.6 Å². The van der Waals surface area contributed by atoms with Gasteiger partial charge < -0.3 is 10.6 Å². The van der Waals surface area contributed by atoms with Gasteiger partial charge in [-0.05, 0) is 35.4 Å². The highest BCUT2D eigenvalue weighted by Gasteiger charge is 2.15. The van der Waals surface area contributed by atoms with E-state index in [0.29, 0.717) is 21.7 Å². The minimum absolute atomic E-state index is 0.211. The molecule has 4 N–H and O–H groups in total. The molecular formula is C16H18N2O6S2. The Bertz CT molecular complexity index is 900. The van der Waals surface area contributed by atoms with Gasteiger partial charge in [0.2, 0.25) is 0 Å². The Balaban J connectivity index is 2.44. The lowest BCUT2D eigenvalue weighted by atomic mass is 10.1. The molecule has 0 aliphatic carbocycles. The fourth-order valence-corrected chi connectivity index (χ4v) is 3.40. The number of hydrogen-bond acceptors (Lipinski definition) is 8. The molecule has 0 aliphatic rings. The second kappa shape index (κ2) is 9.03. The summed E-state index contributed by atoms with van der Waals surface area (Å²) < 4.78 is 37.2. The third-order valence-electron chi connectivity index (χ3n) is 3.48. The van der Waals surface area contributed by atoms with Crippen molar-refractivity contribution in [3.05, 3.63) is 47.5 Å². The van der Waals surface area contributed by atoms with Crippen LogP contribution in [0.25, 0.3) is 12.2 Å². The molecule has 0 aromatic heterocycles. The zero-order chi connectivity index (χ0) is 19.2. The van der Waals surface area contributed by atoms with Crippen molar-refractivity contribution in [2.45, 2.75) is 9.79 Å². The maximum atomic E-state index is 11.6. The van der Waals surface area contributed by atoms with Gasteiger partial charge in [0.1, 0.15) is 4.90 Å². The molecule has 2 rings (SSSR count). The van der Waals surface area contributed by atoms with E-state index >= 15 is 0 Å². The van der Waals surface area contributed by atoms with Crippen molar-refractivity contribution in [1.82, 2.24) is 0 Å². The smallest absolute Gasteiger partial charge is 0.295 e. The van der Waals surface area contributed by atoms with Crippen molar-refractivity contribution in [2.75, 3.05) is 24.7 Å². The third kappa shape index (κ3) is 5.21. The van der Waals surface area contributed by atoms with Crippen LogP contribution in [0, 0.1) is 0 Å². The molecule has 10 heteroatoms. The van der Waals surface area contributed by atoms with E-state index in [1.807, 2.05) is 6.07 Å². The molecule has 0 bridgehead atoms. The van der Waals surface area contributed by atoms with E-state index in [-0.39, 0.29) is 4.90 Å². The van der Waals surface area contributed by atoms with Crippen molar-refractivity contribution in [3.63, 3.8) is 0 Å². The maximum absolute atomic E-state index is 11.6. The Morgan fingerprint density at radius 3 is 2.15 bits per heavy atom. The number of anilines is 2. The molecule has 0 fully saturated rings. The summed E-state index contributed by atoms with van der Waals surface area (Å²) in [6, 6.07) is 9.97. The summed E-state index contributed by atoms with van der Waals surface area (Å²) in [5, 5.41) is 17.8. The van der Waals surface area contributed by atoms with Crippen LogP contribution in [0.15, 0.2) is 46.2 Å². The number of benzene rings is 2. The predicted octanol–water partition coefficient (Wildman–Crippen LogP) is 3.62. The summed E-state index contributed by atoms with van der Waals surface area (Å²) in [4.78, 5) is 0.402. The molecule has 26 heavy (non-hydrogen) atoms. The molecule has 0 saturated carbocycles. The summed E-state index contributed by atoms with van der Waals surface area (Å²) in [7, 11) is -0.988. The second-order valence-electron chi connectivity index (χ2n) is 5.04. The molecule has 0 amide bonds. The van der Waals surface area contributed by atoms with Gasteiger partial charge in [-0.25, -0.2) is 5.26 Å². The molecule has 140 valence electrons. The fourth-order valence-electron chi connectivity index (χ4n) is 2.18. The zero-order valence-corrected chi connectivity index (χ0v) is 15.6. The van der Waals surface area contributed by atoms with Gasteiger partial charge in [0.25, 0.3) is 10.1 Å². The Morgan fingerprint density at radius 2 is 1.58 bits per heavy atom. The molecule has 0 radical (unpaired) electrons. The predicted molar refractivity (Wildman–Crippen MR) is 101 cm³/mol. The summed E-state index contributed by atoms with van der Waals surface area (Å²) in [5.74, 6) is 0. The number of hydrogen-bond donors (Lipinski definition) is 4. The van der Waals surface area contributed by atoms with E-state index in [4.69, 9.17) is 5.26 Å². The van der Waals surface area contributed by atoms with E-state index in [0.717, 1.165) is 17.7 Å². The first-order chi connectivity index (χ1) is 12.4. The van der Waals surface area contributed by atoms with E-state index in [9.17, 15) is 13.0 Å². The summed E-state index contributed by atoms with van der Waals surface area (Å²) in [6.45, 7) is 0. The molecule has 2 aromatic carbocycles. The van der Waals surface area contributed by atoms with Crippen LogP contribution in [-0.2, 0) is 19.5 Å². The Hall–Kier alpha value is -2.08. The molecule has 0 spiro atoms. The van der Waals surface area contributed by atoms with E-state index in [2.05, 4.69) is 20.0 Å². The number of nitrogens with one attached hydrogen (secondary N) is 2. The van der Waals surface area contributed by atoms with Crippen LogP contribution in [0.4, 0.5) is 11.4 Å². The van der Waals surface area contributed by atoms with Gasteiger partial charge in [-0.1, -0.05) is 29.3 Å². The van der Waals surface area contributed by atoms with Gasteiger partial charge in [0.15, 0.2) is 0 Å². The summed E-state index contributed by atoms with van der Waals surface area (Å²) in [6.07, 6.45) is 3.21. The molecular weight excluding hydrogens is 380 g/mol. The maximum Gasteiger partial charge on any atom is 0.295 e. The van der Waals surface area contributed by atoms with Crippen molar-refractivity contribution >= 4 is 45.7 Å². The lowest BCUT2D eigenvalue weighted by Gasteiger charge is -2.08. The first-order valence-corrected chi connectivity index (χ1v) is 9.51. The van der Waals surface area contributed by atoms with Gasteiger partial charge in [-0.2, -0.15) is 8.42 Å². The highest BCUT2D eigenvalue weighted by molar-refractivity contribution is 7.94. The highest BCUT2D eigenvalue weighted by Crippen LogP contribution is 2.29. The van der Waals surface area contributed by atoms with Crippen LogP contribution in [0.1, 0.15) is 11.1 Å². The summed E-state index contributed by atoms with van der Waals surface area (Å²) >= 11 is 0.786. The lowest BCUT2D eigenvalue weighted by molar-refractivity contribution is -0.432. The number of rotatable bonds is 8. The average molecular weight is 398 g/mol. The average Bonchev–Trinajstić information content (AvgIpc) is 2.64. The van der Waals surface area contributed by atoms with Crippen molar-refractivity contribution in [1.29, 1.82) is 0 Å². The first-order valence-electron chi connectivity index (χ1n) is 7.33. The minimum atomic E-state index is -4.39. The van der Waals surface area contributed by atoms with Crippen LogP contribution in [0.2, 0.25) is 0 Å². The highest BCUT2D eigenvalue weighted by atomic mass is 32.2. The molecule has 8 nitrogen and oxygen atoms in total. The molecule has 0 saturated heterocycles. The van der Waals surface area contributed by atoms with Crippen molar-refractivity contribution in [2.24, 2.45) is 0 Å².